The summed E-state index contributed by atoms with van der Waals surface area (Å²) < 4.78 is 30.5. The number of fused-ring (bicyclic) bond motifs is 1. The van der Waals surface area contributed by atoms with Gasteiger partial charge in [-0.1, -0.05) is 19.1 Å². The van der Waals surface area contributed by atoms with Gasteiger partial charge in [0.1, 0.15) is 6.04 Å². The van der Waals surface area contributed by atoms with Crippen LogP contribution in [0.15, 0.2) is 56.9 Å². The molecule has 1 amide bonds. The first-order chi connectivity index (χ1) is 15.6. The van der Waals surface area contributed by atoms with E-state index in [0.717, 1.165) is 16.6 Å². The van der Waals surface area contributed by atoms with Crippen LogP contribution in [0.25, 0.3) is 11.0 Å². The Morgan fingerprint density at radius 2 is 1.73 bits per heavy atom. The fraction of sp³-hybridized carbons (Fsp3) is 0.348. The van der Waals surface area contributed by atoms with Crippen LogP contribution < -0.4 is 16.4 Å². The summed E-state index contributed by atoms with van der Waals surface area (Å²) in [7, 11) is -1.12. The molecule has 1 fully saturated rings. The molecule has 33 heavy (non-hydrogen) atoms. The summed E-state index contributed by atoms with van der Waals surface area (Å²) in [5.41, 5.74) is 1.02. The number of aryl methyl sites for hydroxylation is 3. The van der Waals surface area contributed by atoms with Gasteiger partial charge in [0.25, 0.3) is 0 Å². The molecule has 10 heteroatoms. The first kappa shape index (κ1) is 22.9. The van der Waals surface area contributed by atoms with E-state index in [9.17, 15) is 22.8 Å². The highest BCUT2D eigenvalue weighted by atomic mass is 32.2. The first-order valence-electron chi connectivity index (χ1n) is 10.8. The van der Waals surface area contributed by atoms with E-state index in [-0.39, 0.29) is 17.3 Å². The number of benzene rings is 2. The van der Waals surface area contributed by atoms with Crippen molar-refractivity contribution in [1.29, 1.82) is 0 Å². The lowest BCUT2D eigenvalue weighted by atomic mass is 10.1. The molecule has 1 aromatic heterocycles. The highest BCUT2D eigenvalue weighted by Crippen LogP contribution is 2.28. The summed E-state index contributed by atoms with van der Waals surface area (Å²) in [6.45, 7) is 2.24. The SMILES string of the molecule is CCc1cccc(NC(=O)[C@@H]2CCCN2S(=O)(=O)c2ccc3c(c2)n(C)c(=O)c(=O)n3C)c1. The van der Waals surface area contributed by atoms with Crippen LogP contribution in [-0.4, -0.2) is 40.4 Å². The van der Waals surface area contributed by atoms with Gasteiger partial charge in [-0.15, -0.1) is 0 Å². The highest BCUT2D eigenvalue weighted by molar-refractivity contribution is 7.89. The number of hydrogen-bond acceptors (Lipinski definition) is 5. The Labute approximate surface area is 191 Å². The maximum atomic E-state index is 13.5. The molecular formula is C23H26N4O5S. The molecular weight excluding hydrogens is 444 g/mol. The molecule has 9 nitrogen and oxygen atoms in total. The van der Waals surface area contributed by atoms with Gasteiger partial charge in [0.15, 0.2) is 0 Å². The average Bonchev–Trinajstić information content (AvgIpc) is 3.32. The van der Waals surface area contributed by atoms with Gasteiger partial charge >= 0.3 is 11.1 Å². The number of carbonyl (C=O) groups excluding carboxylic acids is 1. The van der Waals surface area contributed by atoms with Crippen molar-refractivity contribution >= 4 is 32.7 Å². The molecule has 1 saturated heterocycles. The van der Waals surface area contributed by atoms with E-state index < -0.39 is 27.2 Å². The van der Waals surface area contributed by atoms with E-state index in [1.165, 1.54) is 41.2 Å². The lowest BCUT2D eigenvalue weighted by molar-refractivity contribution is -0.119. The number of sulfonamides is 1. The van der Waals surface area contributed by atoms with Crippen LogP contribution in [0.3, 0.4) is 0 Å². The third-order valence-electron chi connectivity index (χ3n) is 6.18. The van der Waals surface area contributed by atoms with Crippen LogP contribution >= 0.6 is 0 Å². The van der Waals surface area contributed by atoms with E-state index in [1.807, 2.05) is 25.1 Å². The van der Waals surface area contributed by atoms with Crippen LogP contribution in [-0.2, 0) is 35.3 Å². The van der Waals surface area contributed by atoms with Gasteiger partial charge in [0, 0.05) is 26.3 Å². The van der Waals surface area contributed by atoms with Gasteiger partial charge in [-0.2, -0.15) is 4.31 Å². The Balaban J connectivity index is 1.68. The normalized spacial score (nSPS) is 16.9. The van der Waals surface area contributed by atoms with Gasteiger partial charge < -0.3 is 14.5 Å². The highest BCUT2D eigenvalue weighted by Gasteiger charge is 2.39. The van der Waals surface area contributed by atoms with Crippen LogP contribution in [0.5, 0.6) is 0 Å². The predicted molar refractivity (Wildman–Crippen MR) is 126 cm³/mol. The summed E-state index contributed by atoms with van der Waals surface area (Å²) in [5, 5.41) is 2.84. The number of rotatable bonds is 5. The number of hydrogen-bond donors (Lipinski definition) is 1. The molecule has 174 valence electrons. The predicted octanol–water partition coefficient (Wildman–Crippen LogP) is 1.59. The fourth-order valence-corrected chi connectivity index (χ4v) is 5.92. The van der Waals surface area contributed by atoms with Crippen LogP contribution in [0.1, 0.15) is 25.3 Å². The van der Waals surface area contributed by atoms with Crippen molar-refractivity contribution in [1.82, 2.24) is 13.4 Å². The van der Waals surface area contributed by atoms with Crippen molar-refractivity contribution in [2.75, 3.05) is 11.9 Å². The summed E-state index contributed by atoms with van der Waals surface area (Å²) in [6, 6.07) is 10.9. The molecule has 0 aliphatic carbocycles. The van der Waals surface area contributed by atoms with Crippen molar-refractivity contribution in [3.05, 3.63) is 68.7 Å². The van der Waals surface area contributed by atoms with E-state index >= 15 is 0 Å². The summed E-state index contributed by atoms with van der Waals surface area (Å²) in [4.78, 5) is 37.2. The molecule has 1 atom stereocenters. The molecule has 0 bridgehead atoms. The Kier molecular flexibility index (Phi) is 5.98. The molecule has 0 saturated carbocycles. The lowest BCUT2D eigenvalue weighted by Gasteiger charge is -2.24. The van der Waals surface area contributed by atoms with Crippen molar-refractivity contribution in [3.8, 4) is 0 Å². The second-order valence-corrected chi connectivity index (χ2v) is 10.1. The molecule has 1 aliphatic rings. The third kappa shape index (κ3) is 4.00. The quantitative estimate of drug-likeness (QED) is 0.570. The number of carbonyl (C=O) groups is 1. The molecule has 2 heterocycles. The largest absolute Gasteiger partial charge is 0.325 e. The zero-order chi connectivity index (χ0) is 23.9. The zero-order valence-electron chi connectivity index (χ0n) is 18.7. The minimum atomic E-state index is -4.01. The molecule has 0 unspecified atom stereocenters. The van der Waals surface area contributed by atoms with Crippen LogP contribution in [0.2, 0.25) is 0 Å². The second kappa shape index (κ2) is 8.60. The number of anilines is 1. The van der Waals surface area contributed by atoms with E-state index in [4.69, 9.17) is 0 Å². The van der Waals surface area contributed by atoms with Gasteiger partial charge in [-0.3, -0.25) is 14.4 Å². The van der Waals surface area contributed by atoms with E-state index in [2.05, 4.69) is 5.32 Å². The minimum absolute atomic E-state index is 0.0312. The standard InChI is InChI=1S/C23H26N4O5S/c1-4-15-7-5-8-16(13-15)24-21(28)19-9-6-12-27(19)33(31,32)17-10-11-18-20(14-17)26(3)23(30)22(29)25(18)2/h5,7-8,10-11,13-14,19H,4,6,9,12H2,1-3H3,(H,24,28)/t19-/m0/s1. The minimum Gasteiger partial charge on any atom is -0.325 e. The Bertz CT molecular complexity index is 1470. The van der Waals surface area contributed by atoms with Gasteiger partial charge in [0.2, 0.25) is 15.9 Å². The molecule has 1 aliphatic heterocycles. The van der Waals surface area contributed by atoms with Crippen molar-refractivity contribution in [2.45, 2.75) is 37.1 Å². The van der Waals surface area contributed by atoms with Gasteiger partial charge in [-0.25, -0.2) is 8.42 Å². The number of aromatic nitrogens is 2. The second-order valence-electron chi connectivity index (χ2n) is 8.20. The maximum absolute atomic E-state index is 13.5. The summed E-state index contributed by atoms with van der Waals surface area (Å²) in [5.74, 6) is -0.375. The smallest absolute Gasteiger partial charge is 0.316 e. The summed E-state index contributed by atoms with van der Waals surface area (Å²) in [6.07, 6.45) is 1.80. The van der Waals surface area contributed by atoms with E-state index in [0.29, 0.717) is 29.6 Å². The maximum Gasteiger partial charge on any atom is 0.316 e. The number of nitrogens with zero attached hydrogens (tertiary/aromatic N) is 3. The molecule has 0 radical (unpaired) electrons. The van der Waals surface area contributed by atoms with Crippen molar-refractivity contribution in [3.63, 3.8) is 0 Å². The van der Waals surface area contributed by atoms with Crippen LogP contribution in [0.4, 0.5) is 5.69 Å². The van der Waals surface area contributed by atoms with Gasteiger partial charge in [-0.05, 0) is 55.2 Å². The van der Waals surface area contributed by atoms with Crippen molar-refractivity contribution < 1.29 is 13.2 Å². The lowest BCUT2D eigenvalue weighted by Crippen LogP contribution is -2.43. The zero-order valence-corrected chi connectivity index (χ0v) is 19.6. The Hall–Kier alpha value is -3.24. The molecule has 3 aromatic rings. The number of nitrogens with one attached hydrogen (secondary N) is 1. The monoisotopic (exact) mass is 470 g/mol. The molecule has 4 rings (SSSR count). The fourth-order valence-electron chi connectivity index (χ4n) is 4.24. The molecule has 0 spiro atoms. The molecule has 2 aromatic carbocycles. The average molecular weight is 471 g/mol. The Morgan fingerprint density at radius 3 is 2.42 bits per heavy atom. The van der Waals surface area contributed by atoms with Crippen molar-refractivity contribution in [2.24, 2.45) is 14.1 Å². The third-order valence-corrected chi connectivity index (χ3v) is 8.08. The van der Waals surface area contributed by atoms with Crippen LogP contribution in [0, 0.1) is 0 Å². The Morgan fingerprint density at radius 1 is 1.03 bits per heavy atom. The first-order valence-corrected chi connectivity index (χ1v) is 12.2. The topological polar surface area (TPSA) is 110 Å². The van der Waals surface area contributed by atoms with Gasteiger partial charge in [0.05, 0.1) is 15.9 Å². The summed E-state index contributed by atoms with van der Waals surface area (Å²) >= 11 is 0. The van der Waals surface area contributed by atoms with E-state index in [1.54, 1.807) is 6.07 Å². The molecule has 1 N–H and O–H groups in total. The number of amides is 1.